The molecule has 2 rings (SSSR count). The highest BCUT2D eigenvalue weighted by Crippen LogP contribution is 2.28. The minimum absolute atomic E-state index is 0.466. The number of aryl methyl sites for hydroxylation is 1. The molecule has 0 unspecified atom stereocenters. The molecule has 1 aliphatic rings. The van der Waals surface area contributed by atoms with Crippen LogP contribution in [0.5, 0.6) is 0 Å². The van der Waals surface area contributed by atoms with Crippen LogP contribution in [0.4, 0.5) is 0 Å². The van der Waals surface area contributed by atoms with Crippen molar-refractivity contribution in [1.82, 2.24) is 4.90 Å². The summed E-state index contributed by atoms with van der Waals surface area (Å²) < 4.78 is 0. The smallest absolute Gasteiger partial charge is 0.345 e. The Morgan fingerprint density at radius 3 is 2.60 bits per heavy atom. The van der Waals surface area contributed by atoms with Gasteiger partial charge in [0.05, 0.1) is 0 Å². The van der Waals surface area contributed by atoms with Gasteiger partial charge in [-0.3, -0.25) is 4.90 Å². The Hall–Kier alpha value is -0.870. The summed E-state index contributed by atoms with van der Waals surface area (Å²) in [6.07, 6.45) is 5.26. The van der Waals surface area contributed by atoms with Crippen molar-refractivity contribution >= 4 is 17.3 Å². The minimum atomic E-state index is -0.805. The third kappa shape index (κ3) is 3.83. The van der Waals surface area contributed by atoms with Crippen LogP contribution in [-0.4, -0.2) is 28.6 Å². The maximum atomic E-state index is 11.1. The number of hydrogen-bond acceptors (Lipinski definition) is 3. The second-order valence-electron chi connectivity index (χ2n) is 6.26. The third-order valence-electron chi connectivity index (χ3n) is 4.05. The molecular weight excluding hydrogens is 270 g/mol. The first-order chi connectivity index (χ1) is 9.47. The van der Waals surface area contributed by atoms with Crippen LogP contribution in [0.1, 0.15) is 59.6 Å². The van der Waals surface area contributed by atoms with E-state index in [2.05, 4.69) is 18.7 Å². The van der Waals surface area contributed by atoms with Gasteiger partial charge in [-0.1, -0.05) is 26.7 Å². The summed E-state index contributed by atoms with van der Waals surface area (Å²) in [4.78, 5) is 15.3. The van der Waals surface area contributed by atoms with Crippen molar-refractivity contribution in [2.45, 2.75) is 59.0 Å². The van der Waals surface area contributed by atoms with Crippen molar-refractivity contribution in [3.05, 3.63) is 21.4 Å². The predicted molar refractivity (Wildman–Crippen MR) is 83.5 cm³/mol. The molecule has 0 atom stereocenters. The van der Waals surface area contributed by atoms with E-state index < -0.39 is 5.97 Å². The average Bonchev–Trinajstić information content (AvgIpc) is 2.98. The maximum Gasteiger partial charge on any atom is 0.345 e. The van der Waals surface area contributed by atoms with E-state index >= 15 is 0 Å². The van der Waals surface area contributed by atoms with Gasteiger partial charge in [0.2, 0.25) is 0 Å². The number of aromatic carboxylic acids is 1. The van der Waals surface area contributed by atoms with Crippen LogP contribution in [0, 0.1) is 12.8 Å². The number of rotatable bonds is 6. The van der Waals surface area contributed by atoms with Crippen LogP contribution in [0.25, 0.3) is 0 Å². The molecule has 1 aliphatic carbocycles. The lowest BCUT2D eigenvalue weighted by Gasteiger charge is -2.30. The molecule has 20 heavy (non-hydrogen) atoms. The molecule has 0 saturated heterocycles. The fourth-order valence-electron chi connectivity index (χ4n) is 3.08. The lowest BCUT2D eigenvalue weighted by Crippen LogP contribution is -2.35. The Morgan fingerprint density at radius 1 is 1.45 bits per heavy atom. The number of nitrogens with zero attached hydrogens (tertiary/aromatic N) is 1. The Balaban J connectivity index is 2.11. The highest BCUT2D eigenvalue weighted by atomic mass is 32.1. The minimum Gasteiger partial charge on any atom is -0.477 e. The molecule has 0 radical (unpaired) electrons. The molecule has 0 bridgehead atoms. The molecule has 0 aliphatic heterocycles. The molecule has 0 spiro atoms. The largest absolute Gasteiger partial charge is 0.477 e. The highest BCUT2D eigenvalue weighted by molar-refractivity contribution is 7.14. The molecule has 0 aromatic carbocycles. The monoisotopic (exact) mass is 295 g/mol. The summed E-state index contributed by atoms with van der Waals surface area (Å²) in [6.45, 7) is 8.55. The van der Waals surface area contributed by atoms with Crippen LogP contribution < -0.4 is 0 Å². The zero-order valence-electron chi connectivity index (χ0n) is 12.7. The van der Waals surface area contributed by atoms with Crippen molar-refractivity contribution in [2.75, 3.05) is 6.54 Å². The van der Waals surface area contributed by atoms with Crippen LogP contribution in [0.15, 0.2) is 6.07 Å². The highest BCUT2D eigenvalue weighted by Gasteiger charge is 2.24. The molecule has 4 heteroatoms. The van der Waals surface area contributed by atoms with E-state index in [4.69, 9.17) is 5.11 Å². The molecule has 1 fully saturated rings. The summed E-state index contributed by atoms with van der Waals surface area (Å²) >= 11 is 1.40. The quantitative estimate of drug-likeness (QED) is 0.857. The SMILES string of the molecule is Cc1sc(C(=O)O)cc1CN(CC(C)C)C1CCCC1. The molecule has 0 amide bonds. The van der Waals surface area contributed by atoms with E-state index in [0.717, 1.165) is 18.0 Å². The number of carboxylic acids is 1. The van der Waals surface area contributed by atoms with Crippen molar-refractivity contribution in [2.24, 2.45) is 5.92 Å². The Morgan fingerprint density at radius 2 is 2.10 bits per heavy atom. The molecule has 1 aromatic rings. The van der Waals surface area contributed by atoms with Gasteiger partial charge in [0.25, 0.3) is 0 Å². The Labute approximate surface area is 125 Å². The summed E-state index contributed by atoms with van der Waals surface area (Å²) in [5, 5.41) is 9.11. The summed E-state index contributed by atoms with van der Waals surface area (Å²) in [7, 11) is 0. The normalized spacial score (nSPS) is 16.4. The fourth-order valence-corrected chi connectivity index (χ4v) is 3.96. The van der Waals surface area contributed by atoms with Crippen molar-refractivity contribution < 1.29 is 9.90 Å². The van der Waals surface area contributed by atoms with Crippen molar-refractivity contribution in [3.8, 4) is 0 Å². The fraction of sp³-hybridized carbons (Fsp3) is 0.688. The first-order valence-corrected chi connectivity index (χ1v) is 8.35. The Kier molecular flexibility index (Phi) is 5.22. The van der Waals surface area contributed by atoms with Gasteiger partial charge in [-0.25, -0.2) is 4.79 Å². The molecule has 3 nitrogen and oxygen atoms in total. The van der Waals surface area contributed by atoms with E-state index in [1.54, 1.807) is 0 Å². The summed E-state index contributed by atoms with van der Waals surface area (Å²) in [5.41, 5.74) is 1.19. The zero-order chi connectivity index (χ0) is 14.7. The number of hydrogen-bond donors (Lipinski definition) is 1. The maximum absolute atomic E-state index is 11.1. The van der Waals surface area contributed by atoms with E-state index in [1.165, 1.54) is 42.6 Å². The van der Waals surface area contributed by atoms with Gasteiger partial charge in [0.15, 0.2) is 0 Å². The molecule has 1 saturated carbocycles. The molecule has 1 aromatic heterocycles. The van der Waals surface area contributed by atoms with E-state index in [-0.39, 0.29) is 0 Å². The van der Waals surface area contributed by atoms with Crippen LogP contribution in [0.2, 0.25) is 0 Å². The summed E-state index contributed by atoms with van der Waals surface area (Å²) in [5.74, 6) is -0.158. The third-order valence-corrected chi connectivity index (χ3v) is 5.13. The van der Waals surface area contributed by atoms with Gasteiger partial charge in [0.1, 0.15) is 4.88 Å². The van der Waals surface area contributed by atoms with Crippen molar-refractivity contribution in [3.63, 3.8) is 0 Å². The lowest BCUT2D eigenvalue weighted by atomic mass is 10.1. The van der Waals surface area contributed by atoms with Gasteiger partial charge >= 0.3 is 5.97 Å². The Bertz CT molecular complexity index is 461. The van der Waals surface area contributed by atoms with Crippen LogP contribution >= 0.6 is 11.3 Å². The van der Waals surface area contributed by atoms with Crippen LogP contribution in [-0.2, 0) is 6.54 Å². The van der Waals surface area contributed by atoms with E-state index in [9.17, 15) is 4.79 Å². The molecule has 112 valence electrons. The summed E-state index contributed by atoms with van der Waals surface area (Å²) in [6, 6.07) is 2.55. The molecule has 1 N–H and O–H groups in total. The van der Waals surface area contributed by atoms with Crippen LogP contribution in [0.3, 0.4) is 0 Å². The second-order valence-corrected chi connectivity index (χ2v) is 7.52. The lowest BCUT2D eigenvalue weighted by molar-refractivity contribution is 0.0702. The average molecular weight is 295 g/mol. The number of carboxylic acid groups (broad SMARTS) is 1. The predicted octanol–water partition coefficient (Wildman–Crippen LogP) is 4.16. The standard InChI is InChI=1S/C16H25NO2S/c1-11(2)9-17(14-6-4-5-7-14)10-13-8-15(16(18)19)20-12(13)3/h8,11,14H,4-7,9-10H2,1-3H3,(H,18,19). The molecular formula is C16H25NO2S. The first kappa shape index (κ1) is 15.5. The topological polar surface area (TPSA) is 40.5 Å². The van der Waals surface area contributed by atoms with Crippen molar-refractivity contribution in [1.29, 1.82) is 0 Å². The second kappa shape index (κ2) is 6.72. The van der Waals surface area contributed by atoms with Gasteiger partial charge in [-0.05, 0) is 37.3 Å². The first-order valence-electron chi connectivity index (χ1n) is 7.54. The van der Waals surface area contributed by atoms with E-state index in [1.807, 2.05) is 13.0 Å². The van der Waals surface area contributed by atoms with Gasteiger partial charge in [0, 0.05) is 24.0 Å². The van der Waals surface area contributed by atoms with Gasteiger partial charge in [-0.15, -0.1) is 11.3 Å². The van der Waals surface area contributed by atoms with Gasteiger partial charge < -0.3 is 5.11 Å². The number of carbonyl (C=O) groups is 1. The van der Waals surface area contributed by atoms with E-state index in [0.29, 0.717) is 16.8 Å². The molecule has 1 heterocycles. The zero-order valence-corrected chi connectivity index (χ0v) is 13.5. The van der Waals surface area contributed by atoms with Gasteiger partial charge in [-0.2, -0.15) is 0 Å². The number of thiophene rings is 1.